The van der Waals surface area contributed by atoms with Crippen LogP contribution in [0.3, 0.4) is 0 Å². The first-order chi connectivity index (χ1) is 10.5. The molecule has 0 aliphatic heterocycles. The monoisotopic (exact) mass is 472 g/mol. The summed E-state index contributed by atoms with van der Waals surface area (Å²) in [6, 6.07) is 13.0. The average molecular weight is 473 g/mol. The molecule has 0 radical (unpaired) electrons. The molecule has 0 heterocycles. The molecule has 0 aliphatic rings. The Morgan fingerprint density at radius 2 is 1.82 bits per heavy atom. The topological polar surface area (TPSA) is 50.7 Å². The Morgan fingerprint density at radius 3 is 2.41 bits per heavy atom. The quantitative estimate of drug-likeness (QED) is 0.411. The second-order valence-electron chi connectivity index (χ2n) is 4.49. The van der Waals surface area contributed by atoms with Crippen LogP contribution >= 0.6 is 38.5 Å². The second kappa shape index (κ2) is 7.73. The molecule has 2 aromatic carbocycles. The largest absolute Gasteiger partial charge is 0.496 e. The average Bonchev–Trinajstić information content (AvgIpc) is 2.52. The Kier molecular flexibility index (Phi) is 5.96. The standard InChI is InChI=1S/C16H14BrIN2O2/c1-10(11-3-6-13(17)7-4-11)19-20-16(21)12-5-8-15(22-2)14(18)9-12/h3-9H,1-2H3,(H,20,21). The molecule has 0 unspecified atom stereocenters. The lowest BCUT2D eigenvalue weighted by Crippen LogP contribution is -2.19. The fourth-order valence-corrected chi connectivity index (χ4v) is 2.76. The first kappa shape index (κ1) is 17.0. The lowest BCUT2D eigenvalue weighted by molar-refractivity contribution is 0.0954. The van der Waals surface area contributed by atoms with Gasteiger partial charge in [0, 0.05) is 10.0 Å². The first-order valence-electron chi connectivity index (χ1n) is 6.45. The van der Waals surface area contributed by atoms with Crippen LogP contribution in [0.2, 0.25) is 0 Å². The third kappa shape index (κ3) is 4.30. The lowest BCUT2D eigenvalue weighted by Gasteiger charge is -2.06. The smallest absolute Gasteiger partial charge is 0.271 e. The maximum atomic E-state index is 12.1. The van der Waals surface area contributed by atoms with Crippen molar-refractivity contribution in [2.24, 2.45) is 5.10 Å². The molecule has 2 aromatic rings. The maximum absolute atomic E-state index is 12.1. The summed E-state index contributed by atoms with van der Waals surface area (Å²) in [5, 5.41) is 4.14. The molecule has 4 nitrogen and oxygen atoms in total. The number of hydrazone groups is 1. The van der Waals surface area contributed by atoms with E-state index in [4.69, 9.17) is 4.74 Å². The van der Waals surface area contributed by atoms with Gasteiger partial charge in [-0.2, -0.15) is 5.10 Å². The van der Waals surface area contributed by atoms with Crippen LogP contribution < -0.4 is 10.2 Å². The zero-order valence-electron chi connectivity index (χ0n) is 12.1. The molecule has 0 bridgehead atoms. The number of benzene rings is 2. The van der Waals surface area contributed by atoms with E-state index in [1.54, 1.807) is 25.3 Å². The van der Waals surface area contributed by atoms with Crippen LogP contribution in [-0.2, 0) is 0 Å². The molecule has 0 atom stereocenters. The van der Waals surface area contributed by atoms with E-state index in [2.05, 4.69) is 49.0 Å². The number of hydrogen-bond donors (Lipinski definition) is 1. The van der Waals surface area contributed by atoms with Gasteiger partial charge >= 0.3 is 0 Å². The third-order valence-corrected chi connectivity index (χ3v) is 4.37. The number of methoxy groups -OCH3 is 1. The zero-order chi connectivity index (χ0) is 16.1. The molecule has 0 aromatic heterocycles. The van der Waals surface area contributed by atoms with Gasteiger partial charge in [-0.25, -0.2) is 5.43 Å². The molecule has 22 heavy (non-hydrogen) atoms. The van der Waals surface area contributed by atoms with E-state index in [1.165, 1.54) is 0 Å². The van der Waals surface area contributed by atoms with Crippen LogP contribution in [0.4, 0.5) is 0 Å². The van der Waals surface area contributed by atoms with Crippen LogP contribution in [0.15, 0.2) is 52.0 Å². The SMILES string of the molecule is COc1ccc(C(=O)NN=C(C)c2ccc(Br)cc2)cc1I. The molecule has 2 rings (SSSR count). The number of carbonyl (C=O) groups is 1. The van der Waals surface area contributed by atoms with Crippen molar-refractivity contribution in [1.82, 2.24) is 5.43 Å². The summed E-state index contributed by atoms with van der Waals surface area (Å²) >= 11 is 5.51. The van der Waals surface area contributed by atoms with E-state index in [0.717, 1.165) is 25.1 Å². The van der Waals surface area contributed by atoms with Gasteiger partial charge in [0.05, 0.1) is 16.4 Å². The summed E-state index contributed by atoms with van der Waals surface area (Å²) in [7, 11) is 1.60. The summed E-state index contributed by atoms with van der Waals surface area (Å²) in [6.07, 6.45) is 0. The second-order valence-corrected chi connectivity index (χ2v) is 6.57. The minimum Gasteiger partial charge on any atom is -0.496 e. The van der Waals surface area contributed by atoms with E-state index < -0.39 is 0 Å². The van der Waals surface area contributed by atoms with Crippen LogP contribution in [0.25, 0.3) is 0 Å². The van der Waals surface area contributed by atoms with Gasteiger partial charge in [-0.15, -0.1) is 0 Å². The summed E-state index contributed by atoms with van der Waals surface area (Å²) in [6.45, 7) is 1.85. The van der Waals surface area contributed by atoms with Crippen LogP contribution in [-0.4, -0.2) is 18.7 Å². The Hall–Kier alpha value is -1.41. The van der Waals surface area contributed by atoms with Gasteiger partial charge in [-0.1, -0.05) is 28.1 Å². The van der Waals surface area contributed by atoms with Gasteiger partial charge in [0.2, 0.25) is 0 Å². The number of carbonyl (C=O) groups excluding carboxylic acids is 1. The molecule has 0 spiro atoms. The van der Waals surface area contributed by atoms with Crippen molar-refractivity contribution in [2.75, 3.05) is 7.11 Å². The van der Waals surface area contributed by atoms with E-state index in [0.29, 0.717) is 5.56 Å². The highest BCUT2D eigenvalue weighted by molar-refractivity contribution is 14.1. The zero-order valence-corrected chi connectivity index (χ0v) is 15.8. The number of amides is 1. The minimum atomic E-state index is -0.253. The highest BCUT2D eigenvalue weighted by Crippen LogP contribution is 2.21. The summed E-state index contributed by atoms with van der Waals surface area (Å²) < 4.78 is 7.05. The van der Waals surface area contributed by atoms with Crippen molar-refractivity contribution in [3.05, 3.63) is 61.6 Å². The molecular weight excluding hydrogens is 459 g/mol. The van der Waals surface area contributed by atoms with Gasteiger partial charge < -0.3 is 4.74 Å². The molecule has 1 N–H and O–H groups in total. The fourth-order valence-electron chi connectivity index (χ4n) is 1.76. The molecule has 6 heteroatoms. The van der Waals surface area contributed by atoms with Gasteiger partial charge in [0.1, 0.15) is 5.75 Å². The van der Waals surface area contributed by atoms with Gasteiger partial charge in [0.25, 0.3) is 5.91 Å². The predicted octanol–water partition coefficient (Wildman–Crippen LogP) is 4.22. The van der Waals surface area contributed by atoms with Gasteiger partial charge in [-0.3, -0.25) is 4.79 Å². The Bertz CT molecular complexity index is 715. The number of ether oxygens (including phenoxy) is 1. The van der Waals surface area contributed by atoms with Crippen molar-refractivity contribution in [3.8, 4) is 5.75 Å². The summed E-state index contributed by atoms with van der Waals surface area (Å²) in [4.78, 5) is 12.1. The third-order valence-electron chi connectivity index (χ3n) is 3.00. The molecule has 0 fully saturated rings. The number of rotatable bonds is 4. The summed E-state index contributed by atoms with van der Waals surface area (Å²) in [5.41, 5.74) is 4.80. The van der Waals surface area contributed by atoms with Gasteiger partial charge in [0.15, 0.2) is 0 Å². The molecule has 0 saturated heterocycles. The maximum Gasteiger partial charge on any atom is 0.271 e. The van der Waals surface area contributed by atoms with E-state index >= 15 is 0 Å². The van der Waals surface area contributed by atoms with Gasteiger partial charge in [-0.05, 0) is 65.4 Å². The molecule has 1 amide bonds. The van der Waals surface area contributed by atoms with Crippen LogP contribution in [0.5, 0.6) is 5.75 Å². The fraction of sp³-hybridized carbons (Fsp3) is 0.125. The normalized spacial score (nSPS) is 11.2. The minimum absolute atomic E-state index is 0.253. The Morgan fingerprint density at radius 1 is 1.18 bits per heavy atom. The number of halogens is 2. The molecule has 0 aliphatic carbocycles. The Labute approximate surface area is 151 Å². The molecule has 114 valence electrons. The van der Waals surface area contributed by atoms with Crippen LogP contribution in [0.1, 0.15) is 22.8 Å². The number of nitrogens with one attached hydrogen (secondary N) is 1. The van der Waals surface area contributed by atoms with Crippen LogP contribution in [0, 0.1) is 3.57 Å². The van der Waals surface area contributed by atoms with Crippen molar-refractivity contribution >= 4 is 50.1 Å². The van der Waals surface area contributed by atoms with Crippen molar-refractivity contribution in [3.63, 3.8) is 0 Å². The molecule has 0 saturated carbocycles. The highest BCUT2D eigenvalue weighted by atomic mass is 127. The van der Waals surface area contributed by atoms with Crippen molar-refractivity contribution in [2.45, 2.75) is 6.92 Å². The molecular formula is C16H14BrIN2O2. The Balaban J connectivity index is 2.10. The summed E-state index contributed by atoms with van der Waals surface area (Å²) in [5.74, 6) is 0.490. The predicted molar refractivity (Wildman–Crippen MR) is 99.5 cm³/mol. The number of nitrogens with zero attached hydrogens (tertiary/aromatic N) is 1. The van der Waals surface area contributed by atoms with Crippen molar-refractivity contribution in [1.29, 1.82) is 0 Å². The van der Waals surface area contributed by atoms with E-state index in [-0.39, 0.29) is 5.91 Å². The first-order valence-corrected chi connectivity index (χ1v) is 8.32. The van der Waals surface area contributed by atoms with E-state index in [9.17, 15) is 4.79 Å². The highest BCUT2D eigenvalue weighted by Gasteiger charge is 2.08. The number of hydrogen-bond acceptors (Lipinski definition) is 3. The van der Waals surface area contributed by atoms with Crippen molar-refractivity contribution < 1.29 is 9.53 Å². The van der Waals surface area contributed by atoms with E-state index in [1.807, 2.05) is 31.2 Å². The lowest BCUT2D eigenvalue weighted by atomic mass is 10.1.